The van der Waals surface area contributed by atoms with Crippen LogP contribution in [0.15, 0.2) is 18.2 Å². The molecule has 1 aromatic heterocycles. The largest absolute Gasteiger partial charge is 0.485 e. The van der Waals surface area contributed by atoms with Crippen molar-refractivity contribution in [1.29, 1.82) is 0 Å². The Morgan fingerprint density at radius 1 is 1.25 bits per heavy atom. The van der Waals surface area contributed by atoms with Crippen LogP contribution in [-0.4, -0.2) is 29.0 Å². The number of nitrogens with zero attached hydrogens (tertiary/aromatic N) is 4. The van der Waals surface area contributed by atoms with Crippen LogP contribution in [0.2, 0.25) is 5.02 Å². The lowest BCUT2D eigenvalue weighted by atomic mass is 10.2. The molecule has 1 aromatic carbocycles. The molecule has 2 rings (SSSR count). The molecule has 0 radical (unpaired) electrons. The van der Waals surface area contributed by atoms with Crippen LogP contribution < -0.4 is 15.4 Å². The summed E-state index contributed by atoms with van der Waals surface area (Å²) in [6.07, 6.45) is 0. The fourth-order valence-electron chi connectivity index (χ4n) is 1.61. The highest BCUT2D eigenvalue weighted by Gasteiger charge is 2.08. The van der Waals surface area contributed by atoms with Crippen LogP contribution in [0.5, 0.6) is 5.75 Å². The van der Waals surface area contributed by atoms with Gasteiger partial charge >= 0.3 is 0 Å². The van der Waals surface area contributed by atoms with Gasteiger partial charge in [-0.05, 0) is 30.7 Å². The zero-order valence-corrected chi connectivity index (χ0v) is 12.3. The number of anilines is 2. The van der Waals surface area contributed by atoms with Gasteiger partial charge in [-0.3, -0.25) is 0 Å². The van der Waals surface area contributed by atoms with E-state index in [1.54, 1.807) is 11.0 Å². The molecule has 0 fully saturated rings. The number of aromatic nitrogens is 3. The zero-order chi connectivity index (χ0) is 14.7. The predicted molar refractivity (Wildman–Crippen MR) is 79.1 cm³/mol. The fraction of sp³-hybridized carbons (Fsp3) is 0.308. The minimum Gasteiger partial charge on any atom is -0.485 e. The Labute approximate surface area is 122 Å². The Balaban J connectivity index is 2.14. The van der Waals surface area contributed by atoms with E-state index in [-0.39, 0.29) is 12.6 Å². The van der Waals surface area contributed by atoms with Crippen molar-refractivity contribution in [2.24, 2.45) is 0 Å². The van der Waals surface area contributed by atoms with Gasteiger partial charge in [0.2, 0.25) is 11.9 Å². The highest BCUT2D eigenvalue weighted by molar-refractivity contribution is 6.30. The molecule has 0 unspecified atom stereocenters. The number of nitrogen functional groups attached to an aromatic ring is 1. The third-order valence-electron chi connectivity index (χ3n) is 2.58. The number of nitrogens with two attached hydrogens (primary N) is 1. The van der Waals surface area contributed by atoms with E-state index in [0.29, 0.717) is 16.8 Å². The second kappa shape index (κ2) is 5.92. The molecule has 2 aromatic rings. The topological polar surface area (TPSA) is 77.2 Å². The molecule has 2 N–H and O–H groups in total. The van der Waals surface area contributed by atoms with Gasteiger partial charge in [0.25, 0.3) is 0 Å². The van der Waals surface area contributed by atoms with E-state index >= 15 is 0 Å². The summed E-state index contributed by atoms with van der Waals surface area (Å²) in [5.74, 6) is 1.90. The molecule has 0 aliphatic rings. The molecule has 20 heavy (non-hydrogen) atoms. The van der Waals surface area contributed by atoms with Gasteiger partial charge in [0.05, 0.1) is 0 Å². The number of halogens is 1. The molecular formula is C13H16ClN5O. The number of benzene rings is 1. The van der Waals surface area contributed by atoms with Crippen molar-refractivity contribution < 1.29 is 4.74 Å². The van der Waals surface area contributed by atoms with Gasteiger partial charge in [0.15, 0.2) is 5.82 Å². The van der Waals surface area contributed by atoms with Crippen LogP contribution >= 0.6 is 11.6 Å². The highest BCUT2D eigenvalue weighted by atomic mass is 35.5. The Kier molecular flexibility index (Phi) is 4.24. The zero-order valence-electron chi connectivity index (χ0n) is 11.6. The lowest BCUT2D eigenvalue weighted by Gasteiger charge is -2.12. The number of aryl methyl sites for hydroxylation is 1. The Hall–Kier alpha value is -2.08. The normalized spacial score (nSPS) is 10.4. The molecule has 0 aliphatic carbocycles. The van der Waals surface area contributed by atoms with E-state index in [2.05, 4.69) is 15.0 Å². The van der Waals surface area contributed by atoms with Crippen molar-refractivity contribution in [3.8, 4) is 5.75 Å². The number of ether oxygens (including phenoxy) is 1. The SMILES string of the molecule is Cc1cc(Cl)ccc1OCc1nc(N)nc(N(C)C)n1. The first kappa shape index (κ1) is 14.3. The van der Waals surface area contributed by atoms with Crippen molar-refractivity contribution in [2.45, 2.75) is 13.5 Å². The van der Waals surface area contributed by atoms with Crippen molar-refractivity contribution in [1.82, 2.24) is 15.0 Å². The maximum atomic E-state index is 5.90. The summed E-state index contributed by atoms with van der Waals surface area (Å²) in [5.41, 5.74) is 6.61. The highest BCUT2D eigenvalue weighted by Crippen LogP contribution is 2.22. The molecule has 0 aliphatic heterocycles. The Morgan fingerprint density at radius 3 is 2.65 bits per heavy atom. The number of hydrogen-bond donors (Lipinski definition) is 1. The molecule has 7 heteroatoms. The monoisotopic (exact) mass is 293 g/mol. The van der Waals surface area contributed by atoms with E-state index in [4.69, 9.17) is 22.1 Å². The van der Waals surface area contributed by atoms with Gasteiger partial charge in [0.1, 0.15) is 12.4 Å². The second-order valence-corrected chi connectivity index (χ2v) is 4.94. The summed E-state index contributed by atoms with van der Waals surface area (Å²) in [4.78, 5) is 14.1. The maximum absolute atomic E-state index is 5.90. The van der Waals surface area contributed by atoms with E-state index in [0.717, 1.165) is 11.3 Å². The molecule has 6 nitrogen and oxygen atoms in total. The molecule has 106 valence electrons. The molecule has 0 atom stereocenters. The Morgan fingerprint density at radius 2 is 2.00 bits per heavy atom. The molecule has 0 saturated heterocycles. The lowest BCUT2D eigenvalue weighted by molar-refractivity contribution is 0.293. The summed E-state index contributed by atoms with van der Waals surface area (Å²) in [7, 11) is 3.67. The first-order valence-electron chi connectivity index (χ1n) is 6.02. The summed E-state index contributed by atoms with van der Waals surface area (Å²) < 4.78 is 5.68. The van der Waals surface area contributed by atoms with Crippen LogP contribution in [0.4, 0.5) is 11.9 Å². The van der Waals surface area contributed by atoms with Crippen LogP contribution in [-0.2, 0) is 6.61 Å². The molecule has 0 saturated carbocycles. The fourth-order valence-corrected chi connectivity index (χ4v) is 1.83. The standard InChI is InChI=1S/C13H16ClN5O/c1-8-6-9(14)4-5-10(8)20-7-11-16-12(15)18-13(17-11)19(2)3/h4-6H,7H2,1-3H3,(H2,15,16,17,18). The van der Waals surface area contributed by atoms with Crippen molar-refractivity contribution in [2.75, 3.05) is 24.7 Å². The molecule has 0 bridgehead atoms. The van der Waals surface area contributed by atoms with Crippen molar-refractivity contribution in [3.63, 3.8) is 0 Å². The van der Waals surface area contributed by atoms with Crippen LogP contribution in [0, 0.1) is 6.92 Å². The molecular weight excluding hydrogens is 278 g/mol. The van der Waals surface area contributed by atoms with Gasteiger partial charge < -0.3 is 15.4 Å². The van der Waals surface area contributed by atoms with Gasteiger partial charge in [-0.1, -0.05) is 11.6 Å². The lowest BCUT2D eigenvalue weighted by Crippen LogP contribution is -2.17. The van der Waals surface area contributed by atoms with Gasteiger partial charge in [0, 0.05) is 19.1 Å². The minimum atomic E-state index is 0.176. The summed E-state index contributed by atoms with van der Waals surface area (Å²) in [5, 5.41) is 0.675. The first-order chi connectivity index (χ1) is 9.45. The van der Waals surface area contributed by atoms with E-state index in [1.165, 1.54) is 0 Å². The average Bonchev–Trinajstić information content (AvgIpc) is 2.37. The van der Waals surface area contributed by atoms with Crippen LogP contribution in [0.3, 0.4) is 0 Å². The number of hydrogen-bond acceptors (Lipinski definition) is 6. The van der Waals surface area contributed by atoms with Crippen molar-refractivity contribution >= 4 is 23.5 Å². The third kappa shape index (κ3) is 3.48. The molecule has 1 heterocycles. The van der Waals surface area contributed by atoms with E-state index in [1.807, 2.05) is 33.2 Å². The minimum absolute atomic E-state index is 0.176. The summed E-state index contributed by atoms with van der Waals surface area (Å²) >= 11 is 5.90. The van der Waals surface area contributed by atoms with E-state index < -0.39 is 0 Å². The van der Waals surface area contributed by atoms with Crippen molar-refractivity contribution in [3.05, 3.63) is 34.6 Å². The second-order valence-electron chi connectivity index (χ2n) is 4.50. The van der Waals surface area contributed by atoms with Crippen LogP contribution in [0.1, 0.15) is 11.4 Å². The predicted octanol–water partition coefficient (Wildman–Crippen LogP) is 2.06. The van der Waals surface area contributed by atoms with Gasteiger partial charge in [-0.2, -0.15) is 15.0 Å². The molecule has 0 spiro atoms. The quantitative estimate of drug-likeness (QED) is 0.930. The van der Waals surface area contributed by atoms with Gasteiger partial charge in [-0.25, -0.2) is 0 Å². The maximum Gasteiger partial charge on any atom is 0.230 e. The molecule has 0 amide bonds. The smallest absolute Gasteiger partial charge is 0.230 e. The average molecular weight is 294 g/mol. The number of rotatable bonds is 4. The first-order valence-corrected chi connectivity index (χ1v) is 6.40. The Bertz CT molecular complexity index is 618. The summed E-state index contributed by atoms with van der Waals surface area (Å²) in [6, 6.07) is 5.43. The third-order valence-corrected chi connectivity index (χ3v) is 2.82. The van der Waals surface area contributed by atoms with Gasteiger partial charge in [-0.15, -0.1) is 0 Å². The van der Waals surface area contributed by atoms with E-state index in [9.17, 15) is 0 Å². The summed E-state index contributed by atoms with van der Waals surface area (Å²) in [6.45, 7) is 2.14. The van der Waals surface area contributed by atoms with Crippen LogP contribution in [0.25, 0.3) is 0 Å².